The Morgan fingerprint density at radius 3 is 2.39 bits per heavy atom. The van der Waals surface area contributed by atoms with E-state index in [9.17, 15) is 9.90 Å². The van der Waals surface area contributed by atoms with Gasteiger partial charge in [-0.1, -0.05) is 54.1 Å². The lowest BCUT2D eigenvalue weighted by molar-refractivity contribution is -0.120. The Balaban J connectivity index is 1.96. The number of hydrogen-bond donors (Lipinski definition) is 2. The van der Waals surface area contributed by atoms with E-state index in [1.165, 1.54) is 16.7 Å². The van der Waals surface area contributed by atoms with Crippen molar-refractivity contribution in [3.05, 3.63) is 88.5 Å². The molecule has 4 nitrogen and oxygen atoms in total. The van der Waals surface area contributed by atoms with Crippen molar-refractivity contribution in [1.82, 2.24) is 5.32 Å². The molecule has 3 rings (SSSR count). The monoisotopic (exact) mass is 446 g/mol. The molecule has 176 valence electrons. The molecule has 0 spiro atoms. The standard InChI is InChI=1S/C29H38N2O2/c1-21-11-14-24(15-12-21)17-18-31(26-16-13-22(2)23(3)19-26)28(33)27(30-29(4,5)20-32)25-9-7-6-8-10-25/h7,9-16,19,27,30,32H,6,8,17-18,20H2,1-5H3. The third-order valence-electron chi connectivity index (χ3n) is 6.35. The molecule has 2 aromatic carbocycles. The highest BCUT2D eigenvalue weighted by Crippen LogP contribution is 2.24. The minimum Gasteiger partial charge on any atom is -0.394 e. The summed E-state index contributed by atoms with van der Waals surface area (Å²) in [6.45, 7) is 10.6. The molecule has 1 aliphatic rings. The number of aliphatic hydroxyl groups is 1. The maximum absolute atomic E-state index is 14.1. The summed E-state index contributed by atoms with van der Waals surface area (Å²) in [5, 5.41) is 13.3. The van der Waals surface area contributed by atoms with Crippen molar-refractivity contribution in [3.63, 3.8) is 0 Å². The summed E-state index contributed by atoms with van der Waals surface area (Å²) in [6.07, 6.45) is 8.98. The summed E-state index contributed by atoms with van der Waals surface area (Å²) < 4.78 is 0. The second kappa shape index (κ2) is 11.0. The quantitative estimate of drug-likeness (QED) is 0.557. The van der Waals surface area contributed by atoms with E-state index < -0.39 is 11.6 Å². The van der Waals surface area contributed by atoms with Crippen LogP contribution < -0.4 is 10.2 Å². The molecule has 2 aromatic rings. The number of rotatable bonds is 9. The van der Waals surface area contributed by atoms with Crippen molar-refractivity contribution in [2.24, 2.45) is 0 Å². The van der Waals surface area contributed by atoms with Gasteiger partial charge in [0.2, 0.25) is 5.91 Å². The van der Waals surface area contributed by atoms with Crippen LogP contribution in [0.25, 0.3) is 0 Å². The van der Waals surface area contributed by atoms with Crippen LogP contribution in [0.3, 0.4) is 0 Å². The molecule has 0 aliphatic heterocycles. The molecule has 0 saturated carbocycles. The van der Waals surface area contributed by atoms with Crippen LogP contribution in [0.5, 0.6) is 0 Å². The van der Waals surface area contributed by atoms with Crippen LogP contribution in [0.4, 0.5) is 5.69 Å². The lowest BCUT2D eigenvalue weighted by atomic mass is 9.95. The SMILES string of the molecule is Cc1ccc(CCN(C(=O)C(NC(C)(C)CO)C2=CCCC=C2)c2ccc(C)c(C)c2)cc1. The van der Waals surface area contributed by atoms with E-state index in [0.29, 0.717) is 6.54 Å². The molecule has 0 heterocycles. The van der Waals surface area contributed by atoms with E-state index in [0.717, 1.165) is 36.1 Å². The number of hydrogen-bond acceptors (Lipinski definition) is 3. The van der Waals surface area contributed by atoms with Crippen LogP contribution in [-0.2, 0) is 11.2 Å². The predicted octanol–water partition coefficient (Wildman–Crippen LogP) is 5.19. The zero-order chi connectivity index (χ0) is 24.0. The Morgan fingerprint density at radius 1 is 1.06 bits per heavy atom. The number of aliphatic hydroxyl groups excluding tert-OH is 1. The average molecular weight is 447 g/mol. The highest BCUT2D eigenvalue weighted by Gasteiger charge is 2.32. The highest BCUT2D eigenvalue weighted by atomic mass is 16.3. The zero-order valence-corrected chi connectivity index (χ0v) is 20.7. The number of carbonyl (C=O) groups is 1. The number of allylic oxidation sites excluding steroid dienone is 2. The van der Waals surface area contributed by atoms with E-state index in [4.69, 9.17) is 0 Å². The molecule has 0 saturated heterocycles. The van der Waals surface area contributed by atoms with Gasteiger partial charge in [-0.05, 0) is 88.3 Å². The van der Waals surface area contributed by atoms with Crippen molar-refractivity contribution < 1.29 is 9.90 Å². The second-order valence-electron chi connectivity index (χ2n) is 9.80. The molecule has 4 heteroatoms. The third-order valence-corrected chi connectivity index (χ3v) is 6.35. The van der Waals surface area contributed by atoms with E-state index >= 15 is 0 Å². The van der Waals surface area contributed by atoms with Gasteiger partial charge in [0.05, 0.1) is 6.61 Å². The molecule has 33 heavy (non-hydrogen) atoms. The first-order chi connectivity index (χ1) is 15.7. The molecule has 1 aliphatic carbocycles. The van der Waals surface area contributed by atoms with Crippen molar-refractivity contribution in [2.75, 3.05) is 18.1 Å². The van der Waals surface area contributed by atoms with Crippen molar-refractivity contribution in [1.29, 1.82) is 0 Å². The van der Waals surface area contributed by atoms with E-state index in [-0.39, 0.29) is 12.5 Å². The molecule has 1 atom stereocenters. The van der Waals surface area contributed by atoms with Gasteiger partial charge in [0.15, 0.2) is 0 Å². The van der Waals surface area contributed by atoms with Crippen LogP contribution in [0.2, 0.25) is 0 Å². The Kier molecular flexibility index (Phi) is 8.28. The maximum Gasteiger partial charge on any atom is 0.248 e. The molecule has 2 N–H and O–H groups in total. The topological polar surface area (TPSA) is 52.6 Å². The molecule has 0 bridgehead atoms. The van der Waals surface area contributed by atoms with Crippen molar-refractivity contribution in [2.45, 2.75) is 65.5 Å². The van der Waals surface area contributed by atoms with Crippen LogP contribution in [0.15, 0.2) is 66.3 Å². The Hall–Kier alpha value is -2.69. The summed E-state index contributed by atoms with van der Waals surface area (Å²) in [6, 6.07) is 14.2. The Morgan fingerprint density at radius 2 is 1.79 bits per heavy atom. The first-order valence-corrected chi connectivity index (χ1v) is 11.9. The van der Waals surface area contributed by atoms with Crippen molar-refractivity contribution in [3.8, 4) is 0 Å². The summed E-state index contributed by atoms with van der Waals surface area (Å²) >= 11 is 0. The summed E-state index contributed by atoms with van der Waals surface area (Å²) in [7, 11) is 0. The number of aryl methyl sites for hydroxylation is 3. The summed E-state index contributed by atoms with van der Waals surface area (Å²) in [5.41, 5.74) is 6.10. The number of amides is 1. The third kappa shape index (κ3) is 6.66. The second-order valence-corrected chi connectivity index (χ2v) is 9.80. The zero-order valence-electron chi connectivity index (χ0n) is 20.7. The van der Waals surface area contributed by atoms with Gasteiger partial charge in [-0.25, -0.2) is 0 Å². The van der Waals surface area contributed by atoms with Crippen LogP contribution in [-0.4, -0.2) is 35.7 Å². The normalized spacial score (nSPS) is 14.7. The van der Waals surface area contributed by atoms with E-state index in [1.54, 1.807) is 0 Å². The lowest BCUT2D eigenvalue weighted by Gasteiger charge is -2.35. The minimum absolute atomic E-state index is 0.00434. The molecular formula is C29H38N2O2. The first kappa shape index (κ1) is 24.9. The van der Waals surface area contributed by atoms with Gasteiger partial charge in [-0.2, -0.15) is 0 Å². The molecular weight excluding hydrogens is 408 g/mol. The molecule has 0 aromatic heterocycles. The summed E-state index contributed by atoms with van der Waals surface area (Å²) in [4.78, 5) is 16.0. The smallest absolute Gasteiger partial charge is 0.248 e. The molecule has 1 amide bonds. The fourth-order valence-electron chi connectivity index (χ4n) is 3.98. The molecule has 1 unspecified atom stereocenters. The lowest BCUT2D eigenvalue weighted by Crippen LogP contribution is -2.56. The number of nitrogens with one attached hydrogen (secondary N) is 1. The number of anilines is 1. The maximum atomic E-state index is 14.1. The van der Waals surface area contributed by atoms with E-state index in [2.05, 4.69) is 74.6 Å². The Labute approximate surface area is 199 Å². The van der Waals surface area contributed by atoms with Gasteiger partial charge in [-0.15, -0.1) is 0 Å². The van der Waals surface area contributed by atoms with Gasteiger partial charge in [0, 0.05) is 17.8 Å². The highest BCUT2D eigenvalue weighted by molar-refractivity contribution is 5.99. The first-order valence-electron chi connectivity index (χ1n) is 11.9. The fourth-order valence-corrected chi connectivity index (χ4v) is 3.98. The van der Waals surface area contributed by atoms with Crippen LogP contribution >= 0.6 is 0 Å². The number of nitrogens with zero attached hydrogens (tertiary/aromatic N) is 1. The summed E-state index contributed by atoms with van der Waals surface area (Å²) in [5.74, 6) is 0.00434. The van der Waals surface area contributed by atoms with Gasteiger partial charge < -0.3 is 10.0 Å². The van der Waals surface area contributed by atoms with Crippen LogP contribution in [0.1, 0.15) is 48.9 Å². The van der Waals surface area contributed by atoms with Crippen molar-refractivity contribution >= 4 is 11.6 Å². The predicted molar refractivity (Wildman–Crippen MR) is 138 cm³/mol. The van der Waals surface area contributed by atoms with Gasteiger partial charge in [0.1, 0.15) is 6.04 Å². The van der Waals surface area contributed by atoms with Gasteiger partial charge >= 0.3 is 0 Å². The minimum atomic E-state index is -0.585. The molecule has 0 radical (unpaired) electrons. The van der Waals surface area contributed by atoms with E-state index in [1.807, 2.05) is 30.9 Å². The molecule has 0 fully saturated rings. The Bertz CT molecular complexity index is 1020. The van der Waals surface area contributed by atoms with Gasteiger partial charge in [0.25, 0.3) is 0 Å². The average Bonchev–Trinajstić information content (AvgIpc) is 2.81. The van der Waals surface area contributed by atoms with Crippen LogP contribution in [0, 0.1) is 20.8 Å². The number of carbonyl (C=O) groups excluding carboxylic acids is 1. The largest absolute Gasteiger partial charge is 0.394 e. The number of benzene rings is 2. The van der Waals surface area contributed by atoms with Gasteiger partial charge in [-0.3, -0.25) is 10.1 Å². The fraction of sp³-hybridized carbons (Fsp3) is 0.414.